The van der Waals surface area contributed by atoms with Gasteiger partial charge in [-0.05, 0) is 60.4 Å². The highest BCUT2D eigenvalue weighted by Gasteiger charge is 2.30. The number of nitrogens with zero attached hydrogens (tertiary/aromatic N) is 3. The number of aromatic nitrogens is 1. The summed E-state index contributed by atoms with van der Waals surface area (Å²) in [4.78, 5) is 22.9. The number of carbonyl (C=O) groups excluding carboxylic acids is 1. The summed E-state index contributed by atoms with van der Waals surface area (Å²) in [6.45, 7) is 3.57. The molecule has 5 rings (SSSR count). The first-order valence-corrected chi connectivity index (χ1v) is 10.5. The molecular formula is C25H23FN4O. The van der Waals surface area contributed by atoms with Gasteiger partial charge in [0.25, 0.3) is 0 Å². The molecule has 2 aromatic carbocycles. The second kappa shape index (κ2) is 7.95. The molecule has 2 aliphatic heterocycles. The van der Waals surface area contributed by atoms with Gasteiger partial charge in [-0.15, -0.1) is 0 Å². The van der Waals surface area contributed by atoms with E-state index in [1.54, 1.807) is 30.7 Å². The van der Waals surface area contributed by atoms with Gasteiger partial charge in [0.05, 0.1) is 11.4 Å². The average Bonchev–Trinajstić information content (AvgIpc) is 3.38. The molecule has 31 heavy (non-hydrogen) atoms. The molecule has 156 valence electrons. The number of amides is 1. The van der Waals surface area contributed by atoms with Gasteiger partial charge < -0.3 is 10.2 Å². The fraction of sp³-hybridized carbons (Fsp3) is 0.240. The maximum atomic E-state index is 14.9. The number of nitrogens with one attached hydrogen (secondary N) is 1. The van der Waals surface area contributed by atoms with Crippen molar-refractivity contribution in [1.82, 2.24) is 4.98 Å². The van der Waals surface area contributed by atoms with Gasteiger partial charge in [0, 0.05) is 49.4 Å². The van der Waals surface area contributed by atoms with Crippen LogP contribution in [0.1, 0.15) is 34.9 Å². The van der Waals surface area contributed by atoms with Gasteiger partial charge in [-0.3, -0.25) is 14.8 Å². The van der Waals surface area contributed by atoms with Crippen LogP contribution < -0.4 is 10.2 Å². The van der Waals surface area contributed by atoms with E-state index in [9.17, 15) is 9.18 Å². The maximum Gasteiger partial charge on any atom is 0.237 e. The molecule has 0 saturated carbocycles. The first-order chi connectivity index (χ1) is 15.1. The third kappa shape index (κ3) is 3.69. The van der Waals surface area contributed by atoms with Gasteiger partial charge in [0.1, 0.15) is 11.7 Å². The topological polar surface area (TPSA) is 57.6 Å². The molecule has 3 heterocycles. The van der Waals surface area contributed by atoms with Crippen LogP contribution in [-0.2, 0) is 4.79 Å². The van der Waals surface area contributed by atoms with Crippen molar-refractivity contribution in [3.05, 3.63) is 83.4 Å². The molecule has 1 amide bonds. The minimum absolute atomic E-state index is 0.107. The van der Waals surface area contributed by atoms with Crippen LogP contribution in [0.15, 0.2) is 65.9 Å². The molecule has 1 N–H and O–H groups in total. The van der Waals surface area contributed by atoms with Gasteiger partial charge in [-0.25, -0.2) is 4.39 Å². The van der Waals surface area contributed by atoms with E-state index in [1.807, 2.05) is 37.3 Å². The molecule has 5 nitrogen and oxygen atoms in total. The van der Waals surface area contributed by atoms with Crippen LogP contribution in [0.3, 0.4) is 0 Å². The molecule has 0 bridgehead atoms. The lowest BCUT2D eigenvalue weighted by molar-refractivity contribution is -0.115. The Morgan fingerprint density at radius 3 is 2.84 bits per heavy atom. The monoisotopic (exact) mass is 414 g/mol. The molecule has 2 atom stereocenters. The molecule has 2 unspecified atom stereocenters. The van der Waals surface area contributed by atoms with Crippen molar-refractivity contribution in [1.29, 1.82) is 0 Å². The average molecular weight is 414 g/mol. The number of carbonyl (C=O) groups is 1. The van der Waals surface area contributed by atoms with Gasteiger partial charge in [-0.2, -0.15) is 0 Å². The third-order valence-corrected chi connectivity index (χ3v) is 6.19. The lowest BCUT2D eigenvalue weighted by Gasteiger charge is -2.19. The van der Waals surface area contributed by atoms with Crippen LogP contribution in [0, 0.1) is 12.7 Å². The number of benzene rings is 2. The molecule has 6 heteroatoms. The number of rotatable bonds is 4. The molecule has 1 fully saturated rings. The smallest absolute Gasteiger partial charge is 0.237 e. The van der Waals surface area contributed by atoms with Crippen LogP contribution in [0.2, 0.25) is 0 Å². The Bertz CT molecular complexity index is 1160. The lowest BCUT2D eigenvalue weighted by Crippen LogP contribution is -2.20. The number of anilines is 2. The summed E-state index contributed by atoms with van der Waals surface area (Å²) in [5.74, 6) is -0.482. The number of fused-ring (bicyclic) bond motifs is 1. The zero-order valence-corrected chi connectivity index (χ0v) is 17.3. The van der Waals surface area contributed by atoms with E-state index in [2.05, 4.69) is 20.2 Å². The van der Waals surface area contributed by atoms with Crippen LogP contribution in [0.4, 0.5) is 21.5 Å². The normalized spacial score (nSPS) is 20.3. The molecule has 0 spiro atoms. The number of hydrogen-bond acceptors (Lipinski definition) is 4. The van der Waals surface area contributed by atoms with E-state index in [1.165, 1.54) is 11.6 Å². The van der Waals surface area contributed by atoms with Crippen LogP contribution in [-0.4, -0.2) is 30.2 Å². The number of aryl methyl sites for hydroxylation is 1. The van der Waals surface area contributed by atoms with Crippen LogP contribution in [0.5, 0.6) is 0 Å². The first kappa shape index (κ1) is 19.4. The molecular weight excluding hydrogens is 391 g/mol. The van der Waals surface area contributed by atoms with Crippen molar-refractivity contribution in [3.63, 3.8) is 0 Å². The summed E-state index contributed by atoms with van der Waals surface area (Å²) >= 11 is 0. The molecule has 3 aromatic rings. The highest BCUT2D eigenvalue weighted by molar-refractivity contribution is 6.13. The summed E-state index contributed by atoms with van der Waals surface area (Å²) in [5.41, 5.74) is 5.13. The zero-order chi connectivity index (χ0) is 21.4. The van der Waals surface area contributed by atoms with Crippen molar-refractivity contribution < 1.29 is 9.18 Å². The van der Waals surface area contributed by atoms with Crippen molar-refractivity contribution in [3.8, 4) is 0 Å². The summed E-state index contributed by atoms with van der Waals surface area (Å²) in [6, 6.07) is 14.9. The van der Waals surface area contributed by atoms with E-state index in [4.69, 9.17) is 0 Å². The van der Waals surface area contributed by atoms with E-state index in [-0.39, 0.29) is 11.7 Å². The molecule has 1 aromatic heterocycles. The quantitative estimate of drug-likeness (QED) is 0.614. The Balaban J connectivity index is 1.32. The van der Waals surface area contributed by atoms with Crippen molar-refractivity contribution in [2.24, 2.45) is 4.99 Å². The predicted molar refractivity (Wildman–Crippen MR) is 121 cm³/mol. The third-order valence-electron chi connectivity index (χ3n) is 6.19. The Labute approximate surface area is 180 Å². The van der Waals surface area contributed by atoms with Crippen LogP contribution in [0.25, 0.3) is 0 Å². The van der Waals surface area contributed by atoms with Gasteiger partial charge in [0.2, 0.25) is 5.91 Å². The van der Waals surface area contributed by atoms with Crippen molar-refractivity contribution >= 4 is 29.2 Å². The summed E-state index contributed by atoms with van der Waals surface area (Å²) in [6.07, 6.45) is 6.20. The predicted octanol–water partition coefficient (Wildman–Crippen LogP) is 4.96. The van der Waals surface area contributed by atoms with E-state index in [0.29, 0.717) is 17.3 Å². The summed E-state index contributed by atoms with van der Waals surface area (Å²) < 4.78 is 14.9. The Morgan fingerprint density at radius 2 is 2.03 bits per heavy atom. The van der Waals surface area contributed by atoms with Crippen molar-refractivity contribution in [2.75, 3.05) is 23.3 Å². The van der Waals surface area contributed by atoms with Gasteiger partial charge >= 0.3 is 0 Å². The summed E-state index contributed by atoms with van der Waals surface area (Å²) in [7, 11) is 0. The molecule has 0 radical (unpaired) electrons. The highest BCUT2D eigenvalue weighted by atomic mass is 19.1. The van der Waals surface area contributed by atoms with Crippen molar-refractivity contribution in [2.45, 2.75) is 25.2 Å². The number of aliphatic imine (C=N–C) groups is 1. The largest absolute Gasteiger partial charge is 0.369 e. The molecule has 2 aliphatic rings. The minimum Gasteiger partial charge on any atom is -0.369 e. The fourth-order valence-corrected chi connectivity index (χ4v) is 4.57. The molecule has 1 saturated heterocycles. The first-order valence-electron chi connectivity index (χ1n) is 10.5. The standard InChI is InChI=1S/C25H23FN4O/c1-16-3-2-4-22-24(16)20(25(31)29-22)14-28-19-5-6-23(21(26)13-19)30-12-9-18(15-30)17-7-10-27-11-8-17/h2-8,10-11,13-14,18,20H,9,12,15H2,1H3,(H,29,31). The van der Waals surface area contributed by atoms with E-state index < -0.39 is 5.92 Å². The van der Waals surface area contributed by atoms with Crippen LogP contribution >= 0.6 is 0 Å². The number of halogens is 1. The zero-order valence-electron chi connectivity index (χ0n) is 17.3. The SMILES string of the molecule is Cc1cccc2c1C(C=Nc1ccc(N3CCC(c4ccncc4)C3)c(F)c1)C(=O)N2. The van der Waals surface area contributed by atoms with E-state index in [0.717, 1.165) is 36.3 Å². The Morgan fingerprint density at radius 1 is 1.19 bits per heavy atom. The maximum absolute atomic E-state index is 14.9. The Kier molecular flexibility index (Phi) is 4.98. The number of pyridine rings is 1. The Hall–Kier alpha value is -3.54. The van der Waals surface area contributed by atoms with Gasteiger partial charge in [-0.1, -0.05) is 12.1 Å². The summed E-state index contributed by atoms with van der Waals surface area (Å²) in [5, 5.41) is 2.88. The van der Waals surface area contributed by atoms with Gasteiger partial charge in [0.15, 0.2) is 0 Å². The lowest BCUT2D eigenvalue weighted by atomic mass is 9.97. The fourth-order valence-electron chi connectivity index (χ4n) is 4.57. The highest BCUT2D eigenvalue weighted by Crippen LogP contribution is 2.35. The number of hydrogen-bond donors (Lipinski definition) is 1. The van der Waals surface area contributed by atoms with E-state index >= 15 is 0 Å². The minimum atomic E-state index is -0.460. The second-order valence-corrected chi connectivity index (χ2v) is 8.13. The second-order valence-electron chi connectivity index (χ2n) is 8.13. The molecule has 0 aliphatic carbocycles.